The van der Waals surface area contributed by atoms with Crippen molar-refractivity contribution in [1.82, 2.24) is 14.7 Å². The zero-order valence-corrected chi connectivity index (χ0v) is 14.2. The second-order valence-electron chi connectivity index (χ2n) is 4.76. The molecule has 22 heavy (non-hydrogen) atoms. The lowest BCUT2D eigenvalue weighted by Crippen LogP contribution is -2.30. The molecule has 0 aliphatic carbocycles. The number of nitrogens with one attached hydrogen (secondary N) is 2. The van der Waals surface area contributed by atoms with Crippen molar-refractivity contribution < 1.29 is 8.42 Å². The van der Waals surface area contributed by atoms with E-state index >= 15 is 0 Å². The van der Waals surface area contributed by atoms with E-state index in [1.807, 2.05) is 0 Å². The predicted octanol–water partition coefficient (Wildman–Crippen LogP) is 3.21. The van der Waals surface area contributed by atoms with Gasteiger partial charge in [0.25, 0.3) is 0 Å². The quantitative estimate of drug-likeness (QED) is 0.799. The molecule has 1 aromatic carbocycles. The third-order valence-electron chi connectivity index (χ3n) is 2.51. The number of rotatable bonds is 5. The largest absolute Gasteiger partial charge is 0.339 e. The summed E-state index contributed by atoms with van der Waals surface area (Å²) in [5.74, 6) is 0.299. The average molecular weight is 361 g/mol. The highest BCUT2D eigenvalue weighted by Gasteiger charge is 2.16. The van der Waals surface area contributed by atoms with E-state index in [1.165, 1.54) is 18.3 Å². The molecular weight excluding hydrogens is 347 g/mol. The summed E-state index contributed by atoms with van der Waals surface area (Å²) in [5, 5.41) is 3.23. The first kappa shape index (κ1) is 17.0. The molecule has 6 nitrogen and oxygen atoms in total. The summed E-state index contributed by atoms with van der Waals surface area (Å²) in [7, 11) is -3.57. The van der Waals surface area contributed by atoms with Crippen LogP contribution in [0.1, 0.15) is 13.8 Å². The van der Waals surface area contributed by atoms with Gasteiger partial charge in [-0.15, -0.1) is 0 Å². The maximum absolute atomic E-state index is 12.2. The Bertz CT molecular complexity index is 781. The monoisotopic (exact) mass is 360 g/mol. The smallest absolute Gasteiger partial charge is 0.240 e. The Balaban J connectivity index is 2.31. The van der Waals surface area contributed by atoms with Crippen LogP contribution < -0.4 is 10.0 Å². The first-order valence-corrected chi connectivity index (χ1v) is 8.59. The van der Waals surface area contributed by atoms with Crippen molar-refractivity contribution >= 4 is 44.7 Å². The van der Waals surface area contributed by atoms with Crippen LogP contribution in [-0.4, -0.2) is 24.4 Å². The maximum Gasteiger partial charge on any atom is 0.240 e. The van der Waals surface area contributed by atoms with Crippen LogP contribution in [0.15, 0.2) is 35.4 Å². The van der Waals surface area contributed by atoms with Crippen LogP contribution in [0, 0.1) is 0 Å². The molecule has 2 rings (SSSR count). The Morgan fingerprint density at radius 3 is 2.64 bits per heavy atom. The summed E-state index contributed by atoms with van der Waals surface area (Å²) in [6.45, 7) is 3.50. The Labute approximate surface area is 138 Å². The number of halogens is 2. The van der Waals surface area contributed by atoms with Gasteiger partial charge in [0, 0.05) is 11.7 Å². The lowest BCUT2D eigenvalue weighted by Gasteiger charge is -2.12. The molecule has 2 N–H and O–H groups in total. The molecule has 118 valence electrons. The molecule has 0 aliphatic heterocycles. The van der Waals surface area contributed by atoms with Crippen LogP contribution >= 0.6 is 23.2 Å². The van der Waals surface area contributed by atoms with Crippen molar-refractivity contribution in [1.29, 1.82) is 0 Å². The van der Waals surface area contributed by atoms with Gasteiger partial charge < -0.3 is 5.32 Å². The van der Waals surface area contributed by atoms with Crippen LogP contribution in [0.3, 0.4) is 0 Å². The summed E-state index contributed by atoms with van der Waals surface area (Å²) >= 11 is 11.7. The fourth-order valence-electron chi connectivity index (χ4n) is 1.69. The number of hydrogen-bond donors (Lipinski definition) is 2. The summed E-state index contributed by atoms with van der Waals surface area (Å²) in [4.78, 5) is 7.84. The molecule has 0 aliphatic rings. The van der Waals surface area contributed by atoms with Gasteiger partial charge in [0.15, 0.2) is 5.82 Å². The molecule has 0 unspecified atom stereocenters. The van der Waals surface area contributed by atoms with E-state index in [9.17, 15) is 8.42 Å². The van der Waals surface area contributed by atoms with Crippen LogP contribution in [0.2, 0.25) is 10.3 Å². The van der Waals surface area contributed by atoms with Gasteiger partial charge in [-0.1, -0.05) is 17.7 Å². The van der Waals surface area contributed by atoms with Gasteiger partial charge in [-0.25, -0.2) is 18.1 Å². The molecule has 0 radical (unpaired) electrons. The second-order valence-corrected chi connectivity index (χ2v) is 7.22. The summed E-state index contributed by atoms with van der Waals surface area (Å²) in [5.41, 5.74) is 0.517. The van der Waals surface area contributed by atoms with E-state index < -0.39 is 10.0 Å². The van der Waals surface area contributed by atoms with Gasteiger partial charge in [0.1, 0.15) is 5.02 Å². The van der Waals surface area contributed by atoms with Crippen molar-refractivity contribution in [3.05, 3.63) is 40.8 Å². The summed E-state index contributed by atoms with van der Waals surface area (Å²) < 4.78 is 26.8. The van der Waals surface area contributed by atoms with E-state index in [0.29, 0.717) is 11.5 Å². The zero-order chi connectivity index (χ0) is 16.3. The van der Waals surface area contributed by atoms with E-state index in [0.717, 1.165) is 0 Å². The first-order chi connectivity index (χ1) is 10.3. The Morgan fingerprint density at radius 2 is 1.95 bits per heavy atom. The minimum Gasteiger partial charge on any atom is -0.339 e. The van der Waals surface area contributed by atoms with Crippen LogP contribution in [-0.2, 0) is 10.0 Å². The lowest BCUT2D eigenvalue weighted by atomic mass is 10.3. The molecule has 0 saturated heterocycles. The highest BCUT2D eigenvalue weighted by molar-refractivity contribution is 7.89. The molecule has 1 heterocycles. The number of benzene rings is 1. The number of nitrogens with zero attached hydrogens (tertiary/aromatic N) is 2. The normalized spacial score (nSPS) is 11.7. The van der Waals surface area contributed by atoms with Crippen LogP contribution in [0.25, 0.3) is 0 Å². The van der Waals surface area contributed by atoms with Crippen molar-refractivity contribution in [3.63, 3.8) is 0 Å². The van der Waals surface area contributed by atoms with E-state index in [1.54, 1.807) is 26.0 Å². The highest BCUT2D eigenvalue weighted by Crippen LogP contribution is 2.25. The van der Waals surface area contributed by atoms with Gasteiger partial charge in [-0.05, 0) is 43.6 Å². The Morgan fingerprint density at radius 1 is 1.23 bits per heavy atom. The van der Waals surface area contributed by atoms with Gasteiger partial charge >= 0.3 is 0 Å². The number of aromatic nitrogens is 2. The number of anilines is 2. The van der Waals surface area contributed by atoms with E-state index in [-0.39, 0.29) is 21.2 Å². The van der Waals surface area contributed by atoms with Gasteiger partial charge in [0.05, 0.1) is 11.1 Å². The predicted molar refractivity (Wildman–Crippen MR) is 87.2 cm³/mol. The Kier molecular flexibility index (Phi) is 5.23. The number of sulfonamides is 1. The molecule has 0 amide bonds. The molecular formula is C13H14Cl2N4O2S. The molecule has 0 spiro atoms. The summed E-state index contributed by atoms with van der Waals surface area (Å²) in [6, 6.07) is 6.10. The van der Waals surface area contributed by atoms with Crippen molar-refractivity contribution in [3.8, 4) is 0 Å². The fraction of sp³-hybridized carbons (Fsp3) is 0.231. The van der Waals surface area contributed by atoms with Gasteiger partial charge in [-0.3, -0.25) is 0 Å². The van der Waals surface area contributed by atoms with Gasteiger partial charge in [0.2, 0.25) is 15.3 Å². The second kappa shape index (κ2) is 6.78. The molecule has 0 atom stereocenters. The zero-order valence-electron chi connectivity index (χ0n) is 11.8. The third-order valence-corrected chi connectivity index (χ3v) is 4.63. The van der Waals surface area contributed by atoms with Crippen LogP contribution in [0.5, 0.6) is 0 Å². The molecule has 0 bridgehead atoms. The minimum absolute atomic E-state index is 0.0390. The average Bonchev–Trinajstić information content (AvgIpc) is 2.42. The van der Waals surface area contributed by atoms with E-state index in [4.69, 9.17) is 23.2 Å². The standard InChI is InChI=1S/C13H14Cl2N4O2S/c1-8(2)19-22(20,21)10-5-3-4-9(6-10)17-12-11(14)7-16-13(15)18-12/h3-8,19H,1-2H3,(H,16,17,18). The summed E-state index contributed by atoms with van der Waals surface area (Å²) in [6.07, 6.45) is 1.36. The molecule has 0 fully saturated rings. The van der Waals surface area contributed by atoms with Crippen LogP contribution in [0.4, 0.5) is 11.5 Å². The molecule has 2 aromatic rings. The minimum atomic E-state index is -3.57. The van der Waals surface area contributed by atoms with E-state index in [2.05, 4.69) is 20.0 Å². The first-order valence-electron chi connectivity index (χ1n) is 6.35. The SMILES string of the molecule is CC(C)NS(=O)(=O)c1cccc(Nc2nc(Cl)ncc2Cl)c1. The molecule has 1 aromatic heterocycles. The lowest BCUT2D eigenvalue weighted by molar-refractivity contribution is 0.570. The Hall–Kier alpha value is -1.41. The fourth-order valence-corrected chi connectivity index (χ4v) is 3.26. The molecule has 0 saturated carbocycles. The number of hydrogen-bond acceptors (Lipinski definition) is 5. The highest BCUT2D eigenvalue weighted by atomic mass is 35.5. The molecule has 9 heteroatoms. The van der Waals surface area contributed by atoms with Crippen molar-refractivity contribution in [2.45, 2.75) is 24.8 Å². The maximum atomic E-state index is 12.2. The topological polar surface area (TPSA) is 84.0 Å². The van der Waals surface area contributed by atoms with Crippen molar-refractivity contribution in [2.24, 2.45) is 0 Å². The third kappa shape index (κ3) is 4.30. The van der Waals surface area contributed by atoms with Crippen molar-refractivity contribution in [2.75, 3.05) is 5.32 Å². The van der Waals surface area contributed by atoms with Gasteiger partial charge in [-0.2, -0.15) is 4.98 Å².